The fourth-order valence-electron chi connectivity index (χ4n) is 2.93. The van der Waals surface area contributed by atoms with Crippen molar-refractivity contribution in [3.8, 4) is 0 Å². The van der Waals surface area contributed by atoms with Gasteiger partial charge >= 0.3 is 5.97 Å². The highest BCUT2D eigenvalue weighted by Gasteiger charge is 2.33. The number of carboxylic acids is 1. The molecule has 3 rings (SSSR count). The Kier molecular flexibility index (Phi) is 3.19. The summed E-state index contributed by atoms with van der Waals surface area (Å²) in [5.74, 6) is -0.283. The maximum absolute atomic E-state index is 11.3. The lowest BCUT2D eigenvalue weighted by Gasteiger charge is -2.26. The average molecular weight is 279 g/mol. The van der Waals surface area contributed by atoms with Crippen LogP contribution in [-0.2, 0) is 4.79 Å². The number of aromatic amines is 1. The first kappa shape index (κ1) is 12.5. The highest BCUT2D eigenvalue weighted by Crippen LogP contribution is 2.37. The van der Waals surface area contributed by atoms with E-state index >= 15 is 0 Å². The highest BCUT2D eigenvalue weighted by atomic mass is 35.5. The van der Waals surface area contributed by atoms with Gasteiger partial charge in [-0.3, -0.25) is 4.79 Å². The molecule has 4 nitrogen and oxygen atoms in total. The zero-order chi connectivity index (χ0) is 13.4. The summed E-state index contributed by atoms with van der Waals surface area (Å²) in [6.07, 6.45) is 3.66. The van der Waals surface area contributed by atoms with Gasteiger partial charge in [-0.2, -0.15) is 0 Å². The largest absolute Gasteiger partial charge is 0.481 e. The van der Waals surface area contributed by atoms with E-state index in [1.54, 1.807) is 6.07 Å². The van der Waals surface area contributed by atoms with Crippen molar-refractivity contribution in [3.63, 3.8) is 0 Å². The van der Waals surface area contributed by atoms with Gasteiger partial charge in [0, 0.05) is 10.9 Å². The van der Waals surface area contributed by atoms with Crippen molar-refractivity contribution in [1.82, 2.24) is 9.97 Å². The molecule has 0 amide bonds. The highest BCUT2D eigenvalue weighted by molar-refractivity contribution is 6.31. The Morgan fingerprint density at radius 3 is 2.95 bits per heavy atom. The zero-order valence-corrected chi connectivity index (χ0v) is 11.2. The van der Waals surface area contributed by atoms with Crippen LogP contribution in [0.1, 0.15) is 37.4 Å². The van der Waals surface area contributed by atoms with Gasteiger partial charge < -0.3 is 10.1 Å². The van der Waals surface area contributed by atoms with Crippen LogP contribution in [0.2, 0.25) is 5.02 Å². The number of nitrogens with one attached hydrogen (secondary N) is 1. The third-order valence-electron chi connectivity index (χ3n) is 3.90. The molecule has 0 saturated heterocycles. The lowest BCUT2D eigenvalue weighted by atomic mass is 9.79. The fourth-order valence-corrected chi connectivity index (χ4v) is 3.10. The van der Waals surface area contributed by atoms with Gasteiger partial charge in [-0.25, -0.2) is 4.98 Å². The smallest absolute Gasteiger partial charge is 0.307 e. The van der Waals surface area contributed by atoms with Gasteiger partial charge in [0.25, 0.3) is 0 Å². The topological polar surface area (TPSA) is 66.0 Å². The molecule has 1 aliphatic carbocycles. The molecule has 1 heterocycles. The molecule has 0 radical (unpaired) electrons. The van der Waals surface area contributed by atoms with Crippen molar-refractivity contribution in [2.45, 2.75) is 31.6 Å². The minimum absolute atomic E-state index is 0.0163. The average Bonchev–Trinajstić information content (AvgIpc) is 2.81. The molecule has 0 unspecified atom stereocenters. The molecule has 2 N–H and O–H groups in total. The SMILES string of the molecule is O=C(O)[C@@H]1CCCC[C@H]1c1nc2ccc(Cl)cc2[nH]1. The number of aliphatic carboxylic acids is 1. The summed E-state index contributed by atoms with van der Waals surface area (Å²) in [5, 5.41) is 9.98. The van der Waals surface area contributed by atoms with Crippen LogP contribution in [-0.4, -0.2) is 21.0 Å². The van der Waals surface area contributed by atoms with Gasteiger partial charge in [-0.15, -0.1) is 0 Å². The van der Waals surface area contributed by atoms with Crippen LogP contribution in [0.5, 0.6) is 0 Å². The summed E-state index contributed by atoms with van der Waals surface area (Å²) in [4.78, 5) is 19.1. The van der Waals surface area contributed by atoms with Crippen molar-refractivity contribution >= 4 is 28.6 Å². The van der Waals surface area contributed by atoms with E-state index in [2.05, 4.69) is 9.97 Å². The van der Waals surface area contributed by atoms with E-state index < -0.39 is 5.97 Å². The number of hydrogen-bond donors (Lipinski definition) is 2. The molecule has 19 heavy (non-hydrogen) atoms. The number of rotatable bonds is 2. The Hall–Kier alpha value is -1.55. The van der Waals surface area contributed by atoms with Gasteiger partial charge in [-0.1, -0.05) is 24.4 Å². The number of halogens is 1. The Morgan fingerprint density at radius 2 is 2.16 bits per heavy atom. The molecule has 2 aromatic rings. The van der Waals surface area contributed by atoms with Crippen LogP contribution in [0.25, 0.3) is 11.0 Å². The zero-order valence-electron chi connectivity index (χ0n) is 10.4. The molecule has 1 aromatic carbocycles. The summed E-state index contributed by atoms with van der Waals surface area (Å²) >= 11 is 5.95. The molecule has 2 atom stereocenters. The van der Waals surface area contributed by atoms with Crippen molar-refractivity contribution in [2.24, 2.45) is 5.92 Å². The third kappa shape index (κ3) is 2.32. The first-order valence-corrected chi connectivity index (χ1v) is 6.91. The number of H-pyrrole nitrogens is 1. The summed E-state index contributed by atoms with van der Waals surface area (Å²) in [7, 11) is 0. The van der Waals surface area contributed by atoms with Crippen LogP contribution in [0.3, 0.4) is 0 Å². The van der Waals surface area contributed by atoms with Crippen LogP contribution < -0.4 is 0 Å². The number of hydrogen-bond acceptors (Lipinski definition) is 2. The van der Waals surface area contributed by atoms with Crippen molar-refractivity contribution in [2.75, 3.05) is 0 Å². The predicted molar refractivity (Wildman–Crippen MR) is 73.4 cm³/mol. The number of benzene rings is 1. The predicted octanol–water partition coefficient (Wildman–Crippen LogP) is 3.57. The molecule has 100 valence electrons. The maximum atomic E-state index is 11.3. The van der Waals surface area contributed by atoms with Gasteiger partial charge in [0.2, 0.25) is 0 Å². The van der Waals surface area contributed by atoms with E-state index in [1.165, 1.54) is 0 Å². The lowest BCUT2D eigenvalue weighted by molar-refractivity contribution is -0.143. The van der Waals surface area contributed by atoms with Crippen LogP contribution >= 0.6 is 11.6 Å². The minimum atomic E-state index is -0.719. The monoisotopic (exact) mass is 278 g/mol. The molecule has 1 fully saturated rings. The number of fused-ring (bicyclic) bond motifs is 1. The second kappa shape index (κ2) is 4.85. The van der Waals surface area contributed by atoms with E-state index in [9.17, 15) is 9.90 Å². The molecule has 1 aliphatic rings. The maximum Gasteiger partial charge on any atom is 0.307 e. The number of carbonyl (C=O) groups is 1. The van der Waals surface area contributed by atoms with E-state index in [1.807, 2.05) is 12.1 Å². The molecule has 0 bridgehead atoms. The van der Waals surface area contributed by atoms with Crippen molar-refractivity contribution in [3.05, 3.63) is 29.0 Å². The molecule has 0 spiro atoms. The van der Waals surface area contributed by atoms with Crippen LogP contribution in [0.4, 0.5) is 0 Å². The van der Waals surface area contributed by atoms with Crippen molar-refractivity contribution < 1.29 is 9.90 Å². The van der Waals surface area contributed by atoms with E-state index in [0.717, 1.165) is 42.5 Å². The van der Waals surface area contributed by atoms with Crippen molar-refractivity contribution in [1.29, 1.82) is 0 Å². The molecule has 1 saturated carbocycles. The number of imidazole rings is 1. The normalized spacial score (nSPS) is 23.6. The molecular weight excluding hydrogens is 264 g/mol. The fraction of sp³-hybridized carbons (Fsp3) is 0.429. The minimum Gasteiger partial charge on any atom is -0.481 e. The number of aromatic nitrogens is 2. The van der Waals surface area contributed by atoms with Gasteiger partial charge in [0.1, 0.15) is 5.82 Å². The summed E-state index contributed by atoms with van der Waals surface area (Å²) in [6.45, 7) is 0. The standard InChI is InChI=1S/C14H15ClN2O2/c15-8-5-6-11-12(7-8)17-13(16-11)9-3-1-2-4-10(9)14(18)19/h5-7,9-10H,1-4H2,(H,16,17)(H,18,19)/t9-,10-/m1/s1. The Balaban J connectivity index is 1.99. The van der Waals surface area contributed by atoms with E-state index in [-0.39, 0.29) is 11.8 Å². The van der Waals surface area contributed by atoms with Crippen LogP contribution in [0, 0.1) is 5.92 Å². The quantitative estimate of drug-likeness (QED) is 0.882. The molecule has 0 aliphatic heterocycles. The molecular formula is C14H15ClN2O2. The number of nitrogens with zero attached hydrogens (tertiary/aromatic N) is 1. The number of carboxylic acid groups (broad SMARTS) is 1. The first-order chi connectivity index (χ1) is 9.15. The van der Waals surface area contributed by atoms with E-state index in [4.69, 9.17) is 11.6 Å². The summed E-state index contributed by atoms with van der Waals surface area (Å²) < 4.78 is 0. The van der Waals surface area contributed by atoms with Crippen LogP contribution in [0.15, 0.2) is 18.2 Å². The lowest BCUT2D eigenvalue weighted by Crippen LogP contribution is -2.26. The van der Waals surface area contributed by atoms with Gasteiger partial charge in [0.05, 0.1) is 17.0 Å². The molecule has 5 heteroatoms. The van der Waals surface area contributed by atoms with E-state index in [0.29, 0.717) is 5.02 Å². The Labute approximate surface area is 115 Å². The van der Waals surface area contributed by atoms with Gasteiger partial charge in [0.15, 0.2) is 0 Å². The summed E-state index contributed by atoms with van der Waals surface area (Å²) in [6, 6.07) is 5.48. The Morgan fingerprint density at radius 1 is 1.37 bits per heavy atom. The first-order valence-electron chi connectivity index (χ1n) is 6.53. The second-order valence-corrected chi connectivity index (χ2v) is 5.56. The third-order valence-corrected chi connectivity index (χ3v) is 4.13. The second-order valence-electron chi connectivity index (χ2n) is 5.12. The Bertz CT molecular complexity index is 623. The molecule has 1 aromatic heterocycles. The summed E-state index contributed by atoms with van der Waals surface area (Å²) in [5.41, 5.74) is 1.71. The van der Waals surface area contributed by atoms with Gasteiger partial charge in [-0.05, 0) is 31.0 Å².